The van der Waals surface area contributed by atoms with Crippen LogP contribution in [0, 0.1) is 0 Å². The molecule has 0 saturated heterocycles. The molecule has 2 aromatic heterocycles. The predicted octanol–water partition coefficient (Wildman–Crippen LogP) is 2.17. The van der Waals surface area contributed by atoms with Crippen molar-refractivity contribution >= 4 is 5.82 Å². The van der Waals surface area contributed by atoms with Gasteiger partial charge in [-0.25, -0.2) is 0 Å². The van der Waals surface area contributed by atoms with E-state index >= 15 is 0 Å². The number of alkyl halides is 2. The molecule has 0 spiro atoms. The lowest BCUT2D eigenvalue weighted by Gasteiger charge is -2.09. The van der Waals surface area contributed by atoms with Crippen LogP contribution < -0.4 is 5.73 Å². The van der Waals surface area contributed by atoms with Gasteiger partial charge in [0.1, 0.15) is 11.5 Å². The summed E-state index contributed by atoms with van der Waals surface area (Å²) in [5, 5.41) is 6.42. The number of nitrogen functional groups attached to an aromatic ring is 1. The quantitative estimate of drug-likeness (QED) is 0.821. The number of halogens is 2. The number of nitrogens with zero attached hydrogens (tertiary/aromatic N) is 2. The summed E-state index contributed by atoms with van der Waals surface area (Å²) >= 11 is 0. The zero-order valence-corrected chi connectivity index (χ0v) is 8.54. The van der Waals surface area contributed by atoms with Gasteiger partial charge < -0.3 is 5.73 Å². The lowest BCUT2D eigenvalue weighted by atomic mass is 10.1. The Hall–Kier alpha value is -1.98. The maximum atomic E-state index is 12.9. The van der Waals surface area contributed by atoms with Gasteiger partial charge in [-0.15, -0.1) is 0 Å². The van der Waals surface area contributed by atoms with Crippen molar-refractivity contribution in [1.29, 1.82) is 0 Å². The van der Waals surface area contributed by atoms with Gasteiger partial charge in [-0.3, -0.25) is 10.1 Å². The summed E-state index contributed by atoms with van der Waals surface area (Å²) in [6.07, 6.45) is 1.36. The highest BCUT2D eigenvalue weighted by molar-refractivity contribution is 5.60. The Morgan fingerprint density at radius 2 is 2.12 bits per heavy atom. The molecule has 2 rings (SSSR count). The summed E-state index contributed by atoms with van der Waals surface area (Å²) in [6.45, 7) is 0.809. The number of aromatic nitrogens is 3. The molecule has 0 aromatic carbocycles. The van der Waals surface area contributed by atoms with Crippen molar-refractivity contribution in [3.8, 4) is 11.3 Å². The number of aromatic amines is 1. The first-order chi connectivity index (χ1) is 7.47. The largest absolute Gasteiger partial charge is 0.382 e. The number of rotatable bonds is 2. The Morgan fingerprint density at radius 1 is 1.38 bits per heavy atom. The third kappa shape index (κ3) is 2.00. The van der Waals surface area contributed by atoms with Crippen LogP contribution in [0.15, 0.2) is 24.4 Å². The first kappa shape index (κ1) is 10.5. The average Bonchev–Trinajstić information content (AvgIpc) is 2.64. The van der Waals surface area contributed by atoms with Gasteiger partial charge in [-0.2, -0.15) is 13.9 Å². The van der Waals surface area contributed by atoms with Gasteiger partial charge in [-0.1, -0.05) is 0 Å². The number of nitrogens with two attached hydrogens (primary N) is 1. The summed E-state index contributed by atoms with van der Waals surface area (Å²) in [6, 6.07) is 4.44. The van der Waals surface area contributed by atoms with Crippen LogP contribution >= 0.6 is 0 Å². The maximum Gasteiger partial charge on any atom is 0.286 e. The fourth-order valence-corrected chi connectivity index (χ4v) is 1.30. The number of hydrogen-bond acceptors (Lipinski definition) is 3. The monoisotopic (exact) mass is 224 g/mol. The Morgan fingerprint density at radius 3 is 2.56 bits per heavy atom. The third-order valence-electron chi connectivity index (χ3n) is 2.12. The molecular formula is C10H10F2N4. The van der Waals surface area contributed by atoms with E-state index in [-0.39, 0.29) is 5.69 Å². The van der Waals surface area contributed by atoms with E-state index in [1.807, 2.05) is 0 Å². The summed E-state index contributed by atoms with van der Waals surface area (Å²) in [4.78, 5) is 3.70. The highest BCUT2D eigenvalue weighted by Gasteiger charge is 2.25. The van der Waals surface area contributed by atoms with E-state index in [9.17, 15) is 8.78 Å². The van der Waals surface area contributed by atoms with Crippen LogP contribution in [0.5, 0.6) is 0 Å². The SMILES string of the molecule is CC(F)(F)c1ccc(-c2cc(N)n[nH]2)cn1. The molecule has 84 valence electrons. The zero-order valence-electron chi connectivity index (χ0n) is 8.54. The highest BCUT2D eigenvalue weighted by Crippen LogP contribution is 2.26. The van der Waals surface area contributed by atoms with E-state index in [1.165, 1.54) is 12.3 Å². The van der Waals surface area contributed by atoms with Crippen LogP contribution in [-0.2, 0) is 5.92 Å². The molecule has 0 bridgehead atoms. The molecule has 4 nitrogen and oxygen atoms in total. The molecule has 2 heterocycles. The minimum atomic E-state index is -2.93. The molecule has 0 fully saturated rings. The van der Waals surface area contributed by atoms with Crippen molar-refractivity contribution in [2.24, 2.45) is 0 Å². The van der Waals surface area contributed by atoms with E-state index in [0.717, 1.165) is 6.92 Å². The van der Waals surface area contributed by atoms with Gasteiger partial charge in [0.25, 0.3) is 5.92 Å². The molecule has 0 saturated carbocycles. The Labute approximate surface area is 90.5 Å². The second-order valence-electron chi connectivity index (χ2n) is 3.53. The van der Waals surface area contributed by atoms with Gasteiger partial charge >= 0.3 is 0 Å². The van der Waals surface area contributed by atoms with Crippen molar-refractivity contribution in [2.45, 2.75) is 12.8 Å². The molecule has 2 aromatic rings. The number of hydrogen-bond donors (Lipinski definition) is 2. The van der Waals surface area contributed by atoms with Gasteiger partial charge in [0.15, 0.2) is 0 Å². The molecule has 0 amide bonds. The highest BCUT2D eigenvalue weighted by atomic mass is 19.3. The smallest absolute Gasteiger partial charge is 0.286 e. The van der Waals surface area contributed by atoms with Crippen LogP contribution in [0.3, 0.4) is 0 Å². The first-order valence-corrected chi connectivity index (χ1v) is 4.62. The predicted molar refractivity (Wildman–Crippen MR) is 55.8 cm³/mol. The average molecular weight is 224 g/mol. The van der Waals surface area contributed by atoms with Crippen LogP contribution in [0.4, 0.5) is 14.6 Å². The molecule has 16 heavy (non-hydrogen) atoms. The van der Waals surface area contributed by atoms with Crippen LogP contribution in [-0.4, -0.2) is 15.2 Å². The van der Waals surface area contributed by atoms with Crippen molar-refractivity contribution < 1.29 is 8.78 Å². The molecule has 3 N–H and O–H groups in total. The second kappa shape index (κ2) is 3.55. The second-order valence-corrected chi connectivity index (χ2v) is 3.53. The minimum absolute atomic E-state index is 0.260. The van der Waals surface area contributed by atoms with Gasteiger partial charge in [0.05, 0.1) is 5.69 Å². The fourth-order valence-electron chi connectivity index (χ4n) is 1.30. The molecule has 0 aliphatic rings. The minimum Gasteiger partial charge on any atom is -0.382 e. The van der Waals surface area contributed by atoms with Crippen molar-refractivity contribution in [2.75, 3.05) is 5.73 Å². The van der Waals surface area contributed by atoms with Crippen molar-refractivity contribution in [1.82, 2.24) is 15.2 Å². The zero-order chi connectivity index (χ0) is 11.8. The fraction of sp³-hybridized carbons (Fsp3) is 0.200. The number of H-pyrrole nitrogens is 1. The molecule has 0 aliphatic heterocycles. The maximum absolute atomic E-state index is 12.9. The van der Waals surface area contributed by atoms with E-state index in [0.29, 0.717) is 17.1 Å². The van der Waals surface area contributed by atoms with Gasteiger partial charge in [-0.05, 0) is 12.1 Å². The Balaban J connectivity index is 2.33. The molecule has 0 atom stereocenters. The first-order valence-electron chi connectivity index (χ1n) is 4.62. The molecule has 6 heteroatoms. The lowest BCUT2D eigenvalue weighted by molar-refractivity contribution is 0.0128. The van der Waals surface area contributed by atoms with Crippen LogP contribution in [0.1, 0.15) is 12.6 Å². The van der Waals surface area contributed by atoms with Gasteiger partial charge in [0, 0.05) is 24.8 Å². The van der Waals surface area contributed by atoms with Crippen LogP contribution in [0.2, 0.25) is 0 Å². The number of pyridine rings is 1. The topological polar surface area (TPSA) is 67.6 Å². The molecule has 0 unspecified atom stereocenters. The number of nitrogens with one attached hydrogen (secondary N) is 1. The van der Waals surface area contributed by atoms with E-state index in [2.05, 4.69) is 15.2 Å². The summed E-state index contributed by atoms with van der Waals surface area (Å²) in [5.41, 5.74) is 6.49. The van der Waals surface area contributed by atoms with Crippen molar-refractivity contribution in [3.05, 3.63) is 30.1 Å². The number of anilines is 1. The third-order valence-corrected chi connectivity index (χ3v) is 2.12. The molecule has 0 aliphatic carbocycles. The molecular weight excluding hydrogens is 214 g/mol. The molecule has 0 radical (unpaired) electrons. The lowest BCUT2D eigenvalue weighted by Crippen LogP contribution is -2.09. The normalized spacial score (nSPS) is 11.7. The van der Waals surface area contributed by atoms with Crippen molar-refractivity contribution in [3.63, 3.8) is 0 Å². The van der Waals surface area contributed by atoms with E-state index in [1.54, 1.807) is 12.1 Å². The van der Waals surface area contributed by atoms with E-state index < -0.39 is 5.92 Å². The standard InChI is InChI=1S/C10H10F2N4/c1-10(11,12)8-3-2-6(5-14-8)7-4-9(13)16-15-7/h2-5H,1H3,(H3,13,15,16). The summed E-state index contributed by atoms with van der Waals surface area (Å²) < 4.78 is 25.8. The Bertz CT molecular complexity index is 484. The van der Waals surface area contributed by atoms with Crippen LogP contribution in [0.25, 0.3) is 11.3 Å². The Kier molecular flexibility index (Phi) is 2.34. The summed E-state index contributed by atoms with van der Waals surface area (Å²) in [5.74, 6) is -2.58. The van der Waals surface area contributed by atoms with Gasteiger partial charge in [0.2, 0.25) is 0 Å². The van der Waals surface area contributed by atoms with E-state index in [4.69, 9.17) is 5.73 Å². The summed E-state index contributed by atoms with van der Waals surface area (Å²) in [7, 11) is 0.